The standard InChI is InChI=1S/C8H13ClO/c1-6-3-4-7(9)5-8(6)10-2/h3-4,6-8H,5H2,1-2H3. The van der Waals surface area contributed by atoms with Crippen LogP contribution in [-0.4, -0.2) is 18.6 Å². The van der Waals surface area contributed by atoms with Gasteiger partial charge in [-0.25, -0.2) is 0 Å². The average Bonchev–Trinajstić information content (AvgIpc) is 1.94. The van der Waals surface area contributed by atoms with E-state index in [0.717, 1.165) is 6.42 Å². The van der Waals surface area contributed by atoms with E-state index < -0.39 is 0 Å². The van der Waals surface area contributed by atoms with Crippen LogP contribution in [0, 0.1) is 5.92 Å². The van der Waals surface area contributed by atoms with E-state index in [-0.39, 0.29) is 5.38 Å². The molecule has 0 aliphatic heterocycles. The molecule has 0 saturated carbocycles. The first kappa shape index (κ1) is 8.09. The number of hydrogen-bond donors (Lipinski definition) is 0. The van der Waals surface area contributed by atoms with Crippen molar-refractivity contribution in [3.63, 3.8) is 0 Å². The second kappa shape index (κ2) is 3.40. The Morgan fingerprint density at radius 1 is 1.50 bits per heavy atom. The molecule has 0 radical (unpaired) electrons. The average molecular weight is 161 g/mol. The first-order valence-corrected chi connectivity index (χ1v) is 4.03. The summed E-state index contributed by atoms with van der Waals surface area (Å²) < 4.78 is 5.24. The van der Waals surface area contributed by atoms with Crippen LogP contribution >= 0.6 is 11.6 Å². The van der Waals surface area contributed by atoms with Gasteiger partial charge in [0.2, 0.25) is 0 Å². The highest BCUT2D eigenvalue weighted by molar-refractivity contribution is 6.21. The highest BCUT2D eigenvalue weighted by Crippen LogP contribution is 2.23. The third-order valence-electron chi connectivity index (χ3n) is 1.97. The molecule has 58 valence electrons. The van der Waals surface area contributed by atoms with Crippen LogP contribution in [0.2, 0.25) is 0 Å². The molecule has 10 heavy (non-hydrogen) atoms. The van der Waals surface area contributed by atoms with Gasteiger partial charge in [0.1, 0.15) is 0 Å². The lowest BCUT2D eigenvalue weighted by Crippen LogP contribution is -2.25. The lowest BCUT2D eigenvalue weighted by Gasteiger charge is -2.25. The summed E-state index contributed by atoms with van der Waals surface area (Å²) in [5.74, 6) is 0.514. The smallest absolute Gasteiger partial charge is 0.0648 e. The molecule has 0 aromatic rings. The minimum Gasteiger partial charge on any atom is -0.381 e. The maximum Gasteiger partial charge on any atom is 0.0648 e. The van der Waals surface area contributed by atoms with Crippen LogP contribution in [0.25, 0.3) is 0 Å². The van der Waals surface area contributed by atoms with Crippen molar-refractivity contribution in [2.24, 2.45) is 5.92 Å². The van der Waals surface area contributed by atoms with Gasteiger partial charge in [-0.1, -0.05) is 19.1 Å². The van der Waals surface area contributed by atoms with Crippen molar-refractivity contribution in [2.75, 3.05) is 7.11 Å². The molecule has 0 aromatic carbocycles. The SMILES string of the molecule is COC1CC(Cl)C=CC1C. The fourth-order valence-electron chi connectivity index (χ4n) is 1.25. The molecule has 0 bridgehead atoms. The Hall–Kier alpha value is -0.0100. The fraction of sp³-hybridized carbons (Fsp3) is 0.750. The Balaban J connectivity index is 2.53. The molecular formula is C8H13ClO. The van der Waals surface area contributed by atoms with Crippen LogP contribution < -0.4 is 0 Å². The van der Waals surface area contributed by atoms with Gasteiger partial charge in [0.15, 0.2) is 0 Å². The molecule has 0 aromatic heterocycles. The van der Waals surface area contributed by atoms with Crippen LogP contribution in [0.1, 0.15) is 13.3 Å². The first-order valence-electron chi connectivity index (χ1n) is 3.59. The molecule has 0 N–H and O–H groups in total. The summed E-state index contributed by atoms with van der Waals surface area (Å²) in [7, 11) is 1.74. The highest BCUT2D eigenvalue weighted by atomic mass is 35.5. The molecule has 1 rings (SSSR count). The first-order chi connectivity index (χ1) is 4.74. The Labute approximate surface area is 67.0 Å². The van der Waals surface area contributed by atoms with Crippen molar-refractivity contribution in [3.05, 3.63) is 12.2 Å². The minimum atomic E-state index is 0.168. The van der Waals surface area contributed by atoms with E-state index in [1.807, 2.05) is 6.08 Å². The molecule has 0 amide bonds. The minimum absolute atomic E-state index is 0.168. The van der Waals surface area contributed by atoms with Gasteiger partial charge in [-0.3, -0.25) is 0 Å². The summed E-state index contributed by atoms with van der Waals surface area (Å²) in [6.45, 7) is 2.15. The van der Waals surface area contributed by atoms with Gasteiger partial charge in [0.05, 0.1) is 11.5 Å². The zero-order valence-electron chi connectivity index (χ0n) is 6.38. The van der Waals surface area contributed by atoms with Crippen LogP contribution in [0.5, 0.6) is 0 Å². The number of alkyl halides is 1. The van der Waals surface area contributed by atoms with Crippen molar-refractivity contribution in [1.29, 1.82) is 0 Å². The summed E-state index contributed by atoms with van der Waals surface area (Å²) in [6, 6.07) is 0. The molecule has 3 unspecified atom stereocenters. The van der Waals surface area contributed by atoms with Gasteiger partial charge in [0.25, 0.3) is 0 Å². The maximum atomic E-state index is 5.89. The van der Waals surface area contributed by atoms with Gasteiger partial charge in [0, 0.05) is 13.0 Å². The van der Waals surface area contributed by atoms with E-state index in [1.54, 1.807) is 7.11 Å². The van der Waals surface area contributed by atoms with E-state index in [1.165, 1.54) is 0 Å². The molecule has 0 fully saturated rings. The summed E-state index contributed by atoms with van der Waals surface area (Å²) in [6.07, 6.45) is 5.42. The van der Waals surface area contributed by atoms with Gasteiger partial charge >= 0.3 is 0 Å². The number of hydrogen-bond acceptors (Lipinski definition) is 1. The molecule has 3 atom stereocenters. The van der Waals surface area contributed by atoms with Gasteiger partial charge in [-0.05, 0) is 6.42 Å². The molecule has 0 saturated heterocycles. The van der Waals surface area contributed by atoms with Gasteiger partial charge in [-0.15, -0.1) is 11.6 Å². The van der Waals surface area contributed by atoms with Gasteiger partial charge < -0.3 is 4.74 Å². The summed E-state index contributed by atoms with van der Waals surface area (Å²) in [4.78, 5) is 0. The predicted molar refractivity (Wildman–Crippen MR) is 43.4 cm³/mol. The normalized spacial score (nSPS) is 40.1. The molecular weight excluding hydrogens is 148 g/mol. The molecule has 2 heteroatoms. The number of rotatable bonds is 1. The number of halogens is 1. The molecule has 1 aliphatic rings. The summed E-state index contributed by atoms with van der Waals surface area (Å²) in [5, 5.41) is 0.168. The second-order valence-electron chi connectivity index (χ2n) is 2.77. The Morgan fingerprint density at radius 2 is 2.20 bits per heavy atom. The zero-order chi connectivity index (χ0) is 7.56. The molecule has 1 aliphatic carbocycles. The molecule has 0 spiro atoms. The van der Waals surface area contributed by atoms with Crippen LogP contribution in [0.3, 0.4) is 0 Å². The summed E-state index contributed by atoms with van der Waals surface area (Å²) in [5.41, 5.74) is 0. The van der Waals surface area contributed by atoms with Crippen molar-refractivity contribution in [1.82, 2.24) is 0 Å². The monoisotopic (exact) mass is 160 g/mol. The number of ether oxygens (including phenoxy) is 1. The van der Waals surface area contributed by atoms with E-state index in [9.17, 15) is 0 Å². The van der Waals surface area contributed by atoms with Crippen molar-refractivity contribution < 1.29 is 4.74 Å². The predicted octanol–water partition coefficient (Wildman–Crippen LogP) is 2.20. The van der Waals surface area contributed by atoms with Crippen LogP contribution in [-0.2, 0) is 4.74 Å². The Bertz CT molecular complexity index is 133. The van der Waals surface area contributed by atoms with E-state index in [2.05, 4.69) is 13.0 Å². The fourth-order valence-corrected chi connectivity index (χ4v) is 1.51. The van der Waals surface area contributed by atoms with Gasteiger partial charge in [-0.2, -0.15) is 0 Å². The third kappa shape index (κ3) is 1.74. The molecule has 1 nitrogen and oxygen atoms in total. The lowest BCUT2D eigenvalue weighted by molar-refractivity contribution is 0.0649. The number of methoxy groups -OCH3 is 1. The van der Waals surface area contributed by atoms with Crippen LogP contribution in [0.4, 0.5) is 0 Å². The lowest BCUT2D eigenvalue weighted by atomic mass is 9.94. The van der Waals surface area contributed by atoms with E-state index in [4.69, 9.17) is 16.3 Å². The third-order valence-corrected chi connectivity index (χ3v) is 2.29. The van der Waals surface area contributed by atoms with Crippen LogP contribution in [0.15, 0.2) is 12.2 Å². The van der Waals surface area contributed by atoms with E-state index >= 15 is 0 Å². The molecule has 0 heterocycles. The quantitative estimate of drug-likeness (QED) is 0.422. The Morgan fingerprint density at radius 3 is 2.70 bits per heavy atom. The highest BCUT2D eigenvalue weighted by Gasteiger charge is 2.21. The maximum absolute atomic E-state index is 5.89. The second-order valence-corrected chi connectivity index (χ2v) is 3.33. The van der Waals surface area contributed by atoms with Crippen molar-refractivity contribution in [2.45, 2.75) is 24.8 Å². The topological polar surface area (TPSA) is 9.23 Å². The van der Waals surface area contributed by atoms with Crippen molar-refractivity contribution >= 4 is 11.6 Å². The summed E-state index contributed by atoms with van der Waals surface area (Å²) >= 11 is 5.89. The number of allylic oxidation sites excluding steroid dienone is 1. The van der Waals surface area contributed by atoms with E-state index in [0.29, 0.717) is 12.0 Å². The largest absolute Gasteiger partial charge is 0.381 e. The zero-order valence-corrected chi connectivity index (χ0v) is 7.14. The Kier molecular flexibility index (Phi) is 2.75. The van der Waals surface area contributed by atoms with Crippen molar-refractivity contribution in [3.8, 4) is 0 Å².